The van der Waals surface area contributed by atoms with Crippen molar-refractivity contribution in [2.24, 2.45) is 20.0 Å². The van der Waals surface area contributed by atoms with Gasteiger partial charge in [-0.25, -0.2) is 0 Å². The van der Waals surface area contributed by atoms with Crippen LogP contribution in [0.4, 0.5) is 0 Å². The van der Waals surface area contributed by atoms with Gasteiger partial charge >= 0.3 is 0 Å². The molecule has 0 amide bonds. The van der Waals surface area contributed by atoms with E-state index >= 15 is 0 Å². The number of rotatable bonds is 5. The Morgan fingerprint density at radius 1 is 1.33 bits per heavy atom. The molecule has 0 spiro atoms. The van der Waals surface area contributed by atoms with E-state index in [1.807, 2.05) is 29.5 Å². The van der Waals surface area contributed by atoms with Gasteiger partial charge in [0.05, 0.1) is 5.69 Å². The van der Waals surface area contributed by atoms with Crippen molar-refractivity contribution >= 4 is 0 Å². The maximum absolute atomic E-state index is 4.53. The summed E-state index contributed by atoms with van der Waals surface area (Å²) in [5.41, 5.74) is 3.27. The zero-order valence-corrected chi connectivity index (χ0v) is 11.5. The van der Waals surface area contributed by atoms with Crippen molar-refractivity contribution in [3.8, 4) is 11.4 Å². The van der Waals surface area contributed by atoms with E-state index in [1.54, 1.807) is 6.20 Å². The lowest BCUT2D eigenvalue weighted by Gasteiger charge is -2.07. The SMILES string of the molecule is CC(C)CNCc1cn(C)nc1-c1ccnn1C. The third-order valence-electron chi connectivity index (χ3n) is 2.84. The topological polar surface area (TPSA) is 47.7 Å². The molecular weight excluding hydrogens is 226 g/mol. The number of aryl methyl sites for hydroxylation is 2. The molecule has 2 heterocycles. The summed E-state index contributed by atoms with van der Waals surface area (Å²) >= 11 is 0. The first-order valence-electron chi connectivity index (χ1n) is 6.29. The molecule has 0 fully saturated rings. The van der Waals surface area contributed by atoms with Gasteiger partial charge in [-0.3, -0.25) is 9.36 Å². The molecule has 0 bridgehead atoms. The van der Waals surface area contributed by atoms with Crippen LogP contribution in [0.1, 0.15) is 19.4 Å². The van der Waals surface area contributed by atoms with E-state index in [4.69, 9.17) is 0 Å². The molecule has 0 unspecified atom stereocenters. The molecule has 0 saturated heterocycles. The maximum Gasteiger partial charge on any atom is 0.115 e. The minimum Gasteiger partial charge on any atom is -0.312 e. The van der Waals surface area contributed by atoms with Gasteiger partial charge in [-0.15, -0.1) is 0 Å². The second-order valence-corrected chi connectivity index (χ2v) is 5.04. The Morgan fingerprint density at radius 3 is 2.72 bits per heavy atom. The molecule has 2 aromatic heterocycles. The summed E-state index contributed by atoms with van der Waals surface area (Å²) in [6.45, 7) is 6.27. The van der Waals surface area contributed by atoms with Crippen LogP contribution in [0.5, 0.6) is 0 Å². The first kappa shape index (κ1) is 12.8. The summed E-state index contributed by atoms with van der Waals surface area (Å²) in [5, 5.41) is 12.2. The van der Waals surface area contributed by atoms with Crippen LogP contribution in [0.25, 0.3) is 11.4 Å². The lowest BCUT2D eigenvalue weighted by molar-refractivity contribution is 0.552. The van der Waals surface area contributed by atoms with Gasteiger partial charge in [-0.1, -0.05) is 13.8 Å². The lowest BCUT2D eigenvalue weighted by Crippen LogP contribution is -2.19. The molecular formula is C13H21N5. The van der Waals surface area contributed by atoms with Crippen LogP contribution in [-0.4, -0.2) is 26.1 Å². The minimum atomic E-state index is 0.654. The quantitative estimate of drug-likeness (QED) is 0.872. The van der Waals surface area contributed by atoms with E-state index in [0.29, 0.717) is 5.92 Å². The van der Waals surface area contributed by atoms with Crippen molar-refractivity contribution in [1.82, 2.24) is 24.9 Å². The number of aromatic nitrogens is 4. The number of nitrogens with one attached hydrogen (secondary N) is 1. The fourth-order valence-corrected chi connectivity index (χ4v) is 1.98. The second kappa shape index (κ2) is 5.35. The molecule has 5 heteroatoms. The molecule has 18 heavy (non-hydrogen) atoms. The predicted molar refractivity (Wildman–Crippen MR) is 72.0 cm³/mol. The minimum absolute atomic E-state index is 0.654. The fraction of sp³-hybridized carbons (Fsp3) is 0.538. The molecule has 0 aliphatic heterocycles. The molecule has 0 aromatic carbocycles. The largest absolute Gasteiger partial charge is 0.312 e. The van der Waals surface area contributed by atoms with Crippen molar-refractivity contribution < 1.29 is 0 Å². The van der Waals surface area contributed by atoms with E-state index in [1.165, 1.54) is 5.56 Å². The summed E-state index contributed by atoms with van der Waals surface area (Å²) in [6.07, 6.45) is 3.87. The number of nitrogens with zero attached hydrogens (tertiary/aromatic N) is 4. The van der Waals surface area contributed by atoms with E-state index in [-0.39, 0.29) is 0 Å². The molecule has 98 valence electrons. The molecule has 2 aromatic rings. The monoisotopic (exact) mass is 247 g/mol. The van der Waals surface area contributed by atoms with Crippen molar-refractivity contribution in [3.63, 3.8) is 0 Å². The molecule has 0 saturated carbocycles. The Kier molecular flexibility index (Phi) is 3.81. The molecule has 0 atom stereocenters. The van der Waals surface area contributed by atoms with Crippen LogP contribution >= 0.6 is 0 Å². The van der Waals surface area contributed by atoms with Crippen LogP contribution < -0.4 is 5.32 Å². The van der Waals surface area contributed by atoms with Crippen LogP contribution in [0, 0.1) is 5.92 Å². The number of hydrogen-bond donors (Lipinski definition) is 1. The molecule has 5 nitrogen and oxygen atoms in total. The van der Waals surface area contributed by atoms with Gasteiger partial charge < -0.3 is 5.32 Å². The number of hydrogen-bond acceptors (Lipinski definition) is 3. The first-order valence-corrected chi connectivity index (χ1v) is 6.29. The molecule has 2 rings (SSSR count). The highest BCUT2D eigenvalue weighted by molar-refractivity contribution is 5.58. The normalized spacial score (nSPS) is 11.4. The highest BCUT2D eigenvalue weighted by Gasteiger charge is 2.12. The zero-order valence-electron chi connectivity index (χ0n) is 11.5. The highest BCUT2D eigenvalue weighted by Crippen LogP contribution is 2.20. The zero-order chi connectivity index (χ0) is 13.1. The second-order valence-electron chi connectivity index (χ2n) is 5.04. The Bertz CT molecular complexity index is 509. The van der Waals surface area contributed by atoms with Gasteiger partial charge in [0.25, 0.3) is 0 Å². The third kappa shape index (κ3) is 2.79. The van der Waals surface area contributed by atoms with Crippen LogP contribution in [0.3, 0.4) is 0 Å². The van der Waals surface area contributed by atoms with E-state index < -0.39 is 0 Å². The van der Waals surface area contributed by atoms with Crippen molar-refractivity contribution in [1.29, 1.82) is 0 Å². The third-order valence-corrected chi connectivity index (χ3v) is 2.84. The van der Waals surface area contributed by atoms with Crippen molar-refractivity contribution in [2.45, 2.75) is 20.4 Å². The summed E-state index contributed by atoms with van der Waals surface area (Å²) in [4.78, 5) is 0. The van der Waals surface area contributed by atoms with Crippen molar-refractivity contribution in [3.05, 3.63) is 24.0 Å². The molecule has 0 aliphatic carbocycles. The van der Waals surface area contributed by atoms with Gasteiger partial charge in [0.15, 0.2) is 0 Å². The lowest BCUT2D eigenvalue weighted by atomic mass is 10.2. The summed E-state index contributed by atoms with van der Waals surface area (Å²) in [6, 6.07) is 1.99. The summed E-state index contributed by atoms with van der Waals surface area (Å²) in [5.74, 6) is 0.654. The van der Waals surface area contributed by atoms with Gasteiger partial charge in [0, 0.05) is 38.6 Å². The standard InChI is InChI=1S/C13H21N5/c1-10(2)7-14-8-11-9-17(3)16-13(11)12-5-6-15-18(12)4/h5-6,9-10,14H,7-8H2,1-4H3. The Balaban J connectivity index is 2.18. The van der Waals surface area contributed by atoms with E-state index in [9.17, 15) is 0 Å². The highest BCUT2D eigenvalue weighted by atomic mass is 15.3. The predicted octanol–water partition coefficient (Wildman–Crippen LogP) is 1.57. The summed E-state index contributed by atoms with van der Waals surface area (Å²) in [7, 11) is 3.89. The van der Waals surface area contributed by atoms with Gasteiger partial charge in [-0.2, -0.15) is 10.2 Å². The Hall–Kier alpha value is -1.62. The smallest absolute Gasteiger partial charge is 0.115 e. The fourth-order valence-electron chi connectivity index (χ4n) is 1.98. The van der Waals surface area contributed by atoms with Crippen LogP contribution in [0.15, 0.2) is 18.5 Å². The van der Waals surface area contributed by atoms with Gasteiger partial charge in [0.1, 0.15) is 5.69 Å². The van der Waals surface area contributed by atoms with Gasteiger partial charge in [0.2, 0.25) is 0 Å². The Morgan fingerprint density at radius 2 is 2.11 bits per heavy atom. The average molecular weight is 247 g/mol. The van der Waals surface area contributed by atoms with Gasteiger partial charge in [-0.05, 0) is 18.5 Å². The van der Waals surface area contributed by atoms with Crippen LogP contribution in [0.2, 0.25) is 0 Å². The van der Waals surface area contributed by atoms with E-state index in [0.717, 1.165) is 24.5 Å². The van der Waals surface area contributed by atoms with Crippen LogP contribution in [-0.2, 0) is 20.6 Å². The Labute approximate surface area is 108 Å². The first-order chi connectivity index (χ1) is 8.58. The van der Waals surface area contributed by atoms with Crippen molar-refractivity contribution in [2.75, 3.05) is 6.54 Å². The molecule has 0 radical (unpaired) electrons. The maximum atomic E-state index is 4.53. The summed E-state index contributed by atoms with van der Waals surface area (Å²) < 4.78 is 3.71. The van der Waals surface area contributed by atoms with E-state index in [2.05, 4.69) is 35.6 Å². The molecule has 0 aliphatic rings. The molecule has 1 N–H and O–H groups in total. The average Bonchev–Trinajstić information content (AvgIpc) is 2.84.